The Hall–Kier alpha value is -0.950. The molecule has 0 saturated carbocycles. The summed E-state index contributed by atoms with van der Waals surface area (Å²) in [6.45, 7) is 5.84. The van der Waals surface area contributed by atoms with Crippen LogP contribution in [0.15, 0.2) is 0 Å². The molecule has 1 saturated heterocycles. The van der Waals surface area contributed by atoms with Crippen LogP contribution in [0.2, 0.25) is 0 Å². The Morgan fingerprint density at radius 2 is 2.10 bits per heavy atom. The van der Waals surface area contributed by atoms with E-state index in [4.69, 9.17) is 9.84 Å². The van der Waals surface area contributed by atoms with E-state index in [9.17, 15) is 9.59 Å². The van der Waals surface area contributed by atoms with Gasteiger partial charge in [-0.3, -0.25) is 4.90 Å². The number of amides is 2. The lowest BCUT2D eigenvalue weighted by atomic mass is 10.3. The fourth-order valence-electron chi connectivity index (χ4n) is 1.95. The first-order valence-electron chi connectivity index (χ1n) is 7.06. The topological polar surface area (TPSA) is 78.9 Å². The number of carboxylic acid groups (broad SMARTS) is 1. The highest BCUT2D eigenvalue weighted by Crippen LogP contribution is 2.28. The smallest absolute Gasteiger partial charge is 0.327 e. The molecular weight excluding hydrogens is 280 g/mol. The van der Waals surface area contributed by atoms with Gasteiger partial charge in [-0.25, -0.2) is 9.59 Å². The van der Waals surface area contributed by atoms with Gasteiger partial charge in [0, 0.05) is 25.5 Å². The number of carboxylic acids is 1. The summed E-state index contributed by atoms with van der Waals surface area (Å²) in [5.74, 6) is -0.496. The number of hydrogen-bond donors (Lipinski definition) is 2. The second kappa shape index (κ2) is 9.07. The summed E-state index contributed by atoms with van der Waals surface area (Å²) in [5.41, 5.74) is 0. The van der Waals surface area contributed by atoms with Gasteiger partial charge in [-0.2, -0.15) is 0 Å². The standard InChI is InChI=1S/C13H24N2O4S/c1-3-4-7-19-8-5-6-14-13(18)15-10(2)20-9-11(15)12(16)17/h10-11H,3-9H2,1-2H3,(H,14,18)(H,16,17). The van der Waals surface area contributed by atoms with Gasteiger partial charge < -0.3 is 15.2 Å². The van der Waals surface area contributed by atoms with Crippen LogP contribution in [-0.4, -0.2) is 58.9 Å². The molecule has 2 atom stereocenters. The zero-order valence-electron chi connectivity index (χ0n) is 12.1. The number of unbranched alkanes of at least 4 members (excludes halogenated alkanes) is 1. The Kier molecular flexibility index (Phi) is 7.76. The molecule has 1 fully saturated rings. The minimum absolute atomic E-state index is 0.100. The average molecular weight is 304 g/mol. The number of urea groups is 1. The van der Waals surface area contributed by atoms with E-state index in [0.29, 0.717) is 18.9 Å². The van der Waals surface area contributed by atoms with Crippen molar-refractivity contribution in [1.29, 1.82) is 0 Å². The summed E-state index contributed by atoms with van der Waals surface area (Å²) in [7, 11) is 0. The Balaban J connectivity index is 2.22. The molecule has 1 heterocycles. The van der Waals surface area contributed by atoms with Crippen LogP contribution in [0.1, 0.15) is 33.1 Å². The van der Waals surface area contributed by atoms with Crippen molar-refractivity contribution in [2.75, 3.05) is 25.5 Å². The second-order valence-corrected chi connectivity index (χ2v) is 6.09. The summed E-state index contributed by atoms with van der Waals surface area (Å²) < 4.78 is 5.40. The largest absolute Gasteiger partial charge is 0.480 e. The number of ether oxygens (including phenoxy) is 1. The van der Waals surface area contributed by atoms with E-state index >= 15 is 0 Å². The minimum Gasteiger partial charge on any atom is -0.480 e. The Morgan fingerprint density at radius 3 is 2.75 bits per heavy atom. The lowest BCUT2D eigenvalue weighted by Gasteiger charge is -2.25. The summed E-state index contributed by atoms with van der Waals surface area (Å²) in [5, 5.41) is 11.7. The molecule has 2 N–H and O–H groups in total. The van der Waals surface area contributed by atoms with E-state index in [1.165, 1.54) is 16.7 Å². The highest BCUT2D eigenvalue weighted by Gasteiger charge is 2.39. The van der Waals surface area contributed by atoms with Crippen molar-refractivity contribution >= 4 is 23.8 Å². The van der Waals surface area contributed by atoms with Gasteiger partial charge in [-0.15, -0.1) is 11.8 Å². The first-order chi connectivity index (χ1) is 9.57. The zero-order chi connectivity index (χ0) is 15.0. The molecule has 0 aromatic carbocycles. The maximum Gasteiger partial charge on any atom is 0.327 e. The zero-order valence-corrected chi connectivity index (χ0v) is 12.9. The number of nitrogens with zero attached hydrogens (tertiary/aromatic N) is 1. The normalized spacial score (nSPS) is 22.0. The van der Waals surface area contributed by atoms with Crippen LogP contribution >= 0.6 is 11.8 Å². The molecule has 1 aliphatic rings. The van der Waals surface area contributed by atoms with E-state index in [0.717, 1.165) is 25.9 Å². The molecule has 0 aromatic rings. The molecule has 6 nitrogen and oxygen atoms in total. The molecule has 2 amide bonds. The molecule has 1 rings (SSSR count). The first kappa shape index (κ1) is 17.1. The van der Waals surface area contributed by atoms with Crippen molar-refractivity contribution in [3.8, 4) is 0 Å². The first-order valence-corrected chi connectivity index (χ1v) is 8.11. The SMILES string of the molecule is CCCCOCCCNC(=O)N1C(C)SCC1C(=O)O. The van der Waals surface area contributed by atoms with Crippen molar-refractivity contribution in [1.82, 2.24) is 10.2 Å². The van der Waals surface area contributed by atoms with E-state index in [-0.39, 0.29) is 11.4 Å². The number of carbonyl (C=O) groups excluding carboxylic acids is 1. The number of hydrogen-bond acceptors (Lipinski definition) is 4. The molecule has 1 aliphatic heterocycles. The number of thioether (sulfide) groups is 1. The maximum absolute atomic E-state index is 12.0. The van der Waals surface area contributed by atoms with Gasteiger partial charge in [0.2, 0.25) is 0 Å². The second-order valence-electron chi connectivity index (χ2n) is 4.75. The predicted molar refractivity (Wildman–Crippen MR) is 78.9 cm³/mol. The van der Waals surface area contributed by atoms with E-state index in [1.54, 1.807) is 0 Å². The highest BCUT2D eigenvalue weighted by atomic mass is 32.2. The molecule has 7 heteroatoms. The molecule has 0 radical (unpaired) electrons. The van der Waals surface area contributed by atoms with Crippen molar-refractivity contribution < 1.29 is 19.4 Å². The molecule has 20 heavy (non-hydrogen) atoms. The van der Waals surface area contributed by atoms with Crippen LogP contribution in [-0.2, 0) is 9.53 Å². The van der Waals surface area contributed by atoms with Crippen molar-refractivity contribution in [2.45, 2.75) is 44.5 Å². The van der Waals surface area contributed by atoms with Crippen LogP contribution in [0.5, 0.6) is 0 Å². The van der Waals surface area contributed by atoms with Crippen LogP contribution < -0.4 is 5.32 Å². The monoisotopic (exact) mass is 304 g/mol. The van der Waals surface area contributed by atoms with Crippen LogP contribution in [0.3, 0.4) is 0 Å². The summed E-state index contributed by atoms with van der Waals surface area (Å²) >= 11 is 1.48. The summed E-state index contributed by atoms with van der Waals surface area (Å²) in [6, 6.07) is -1.03. The van der Waals surface area contributed by atoms with Gasteiger partial charge in [0.1, 0.15) is 6.04 Å². The third kappa shape index (κ3) is 5.20. The molecule has 0 bridgehead atoms. The Morgan fingerprint density at radius 1 is 1.40 bits per heavy atom. The fraction of sp³-hybridized carbons (Fsp3) is 0.846. The Labute approximate surface area is 124 Å². The van der Waals surface area contributed by atoms with Crippen molar-refractivity contribution in [2.24, 2.45) is 0 Å². The third-order valence-electron chi connectivity index (χ3n) is 3.13. The number of aliphatic carboxylic acids is 1. The average Bonchev–Trinajstić information content (AvgIpc) is 2.79. The van der Waals surface area contributed by atoms with Gasteiger partial charge in [-0.05, 0) is 19.8 Å². The molecule has 0 aromatic heterocycles. The molecule has 0 aliphatic carbocycles. The maximum atomic E-state index is 12.0. The number of carbonyl (C=O) groups is 2. The van der Waals surface area contributed by atoms with Gasteiger partial charge in [0.15, 0.2) is 0 Å². The van der Waals surface area contributed by atoms with E-state index in [1.807, 2.05) is 6.92 Å². The van der Waals surface area contributed by atoms with Gasteiger partial charge in [0.25, 0.3) is 0 Å². The lowest BCUT2D eigenvalue weighted by molar-refractivity contribution is -0.141. The van der Waals surface area contributed by atoms with Gasteiger partial charge in [-0.1, -0.05) is 13.3 Å². The lowest BCUT2D eigenvalue weighted by Crippen LogP contribution is -2.49. The molecular formula is C13H24N2O4S. The molecule has 0 spiro atoms. The quantitative estimate of drug-likeness (QED) is 0.668. The van der Waals surface area contributed by atoms with Crippen molar-refractivity contribution in [3.63, 3.8) is 0 Å². The van der Waals surface area contributed by atoms with Crippen LogP contribution in [0, 0.1) is 0 Å². The minimum atomic E-state index is -0.945. The summed E-state index contributed by atoms with van der Waals surface area (Å²) in [4.78, 5) is 24.5. The summed E-state index contributed by atoms with van der Waals surface area (Å²) in [6.07, 6.45) is 2.90. The third-order valence-corrected chi connectivity index (χ3v) is 4.34. The molecule has 2 unspecified atom stereocenters. The van der Waals surface area contributed by atoms with Crippen LogP contribution in [0.25, 0.3) is 0 Å². The Bertz CT molecular complexity index is 327. The predicted octanol–water partition coefficient (Wildman–Crippen LogP) is 1.75. The van der Waals surface area contributed by atoms with Gasteiger partial charge >= 0.3 is 12.0 Å². The van der Waals surface area contributed by atoms with E-state index in [2.05, 4.69) is 12.2 Å². The van der Waals surface area contributed by atoms with Crippen molar-refractivity contribution in [3.05, 3.63) is 0 Å². The number of rotatable bonds is 8. The van der Waals surface area contributed by atoms with E-state index < -0.39 is 12.0 Å². The van der Waals surface area contributed by atoms with Gasteiger partial charge in [0.05, 0.1) is 5.37 Å². The highest BCUT2D eigenvalue weighted by molar-refractivity contribution is 8.00. The molecule has 116 valence electrons. The number of nitrogens with one attached hydrogen (secondary N) is 1. The fourth-order valence-corrected chi connectivity index (χ4v) is 3.12. The van der Waals surface area contributed by atoms with Crippen LogP contribution in [0.4, 0.5) is 4.79 Å².